The normalized spacial score (nSPS) is 23.3. The monoisotopic (exact) mass is 389 g/mol. The Morgan fingerprint density at radius 2 is 1.89 bits per heavy atom. The van der Waals surface area contributed by atoms with Crippen molar-refractivity contribution in [2.24, 2.45) is 5.92 Å². The fraction of sp³-hybridized carbons (Fsp3) is 0.600. The lowest BCUT2D eigenvalue weighted by molar-refractivity contribution is 0.250. The second kappa shape index (κ2) is 7.65. The summed E-state index contributed by atoms with van der Waals surface area (Å²) in [6.45, 7) is 3.95. The Morgan fingerprint density at radius 1 is 1.21 bits per heavy atom. The van der Waals surface area contributed by atoms with E-state index >= 15 is 0 Å². The molecule has 19 heavy (non-hydrogen) atoms. The van der Waals surface area contributed by atoms with E-state index in [2.05, 4.69) is 44.1 Å². The highest BCUT2D eigenvalue weighted by molar-refractivity contribution is 9.11. The van der Waals surface area contributed by atoms with Crippen LogP contribution in [0.25, 0.3) is 0 Å². The van der Waals surface area contributed by atoms with Gasteiger partial charge in [-0.05, 0) is 62.8 Å². The van der Waals surface area contributed by atoms with E-state index in [0.717, 1.165) is 27.2 Å². The first-order valence-corrected chi connectivity index (χ1v) is 8.57. The van der Waals surface area contributed by atoms with Crippen molar-refractivity contribution in [3.05, 3.63) is 27.1 Å². The predicted octanol–water partition coefficient (Wildman–Crippen LogP) is 4.76. The Bertz CT molecular complexity index is 391. The van der Waals surface area contributed by atoms with Crippen LogP contribution in [0.3, 0.4) is 0 Å². The Morgan fingerprint density at radius 3 is 2.58 bits per heavy atom. The molecule has 0 bridgehead atoms. The lowest BCUT2D eigenvalue weighted by Gasteiger charge is -2.29. The van der Waals surface area contributed by atoms with E-state index in [1.54, 1.807) is 0 Å². The molecular formula is C15H21Br2NO. The van der Waals surface area contributed by atoms with E-state index in [1.807, 2.05) is 18.2 Å². The van der Waals surface area contributed by atoms with Crippen molar-refractivity contribution in [2.45, 2.75) is 38.6 Å². The molecule has 0 spiro atoms. The van der Waals surface area contributed by atoms with Gasteiger partial charge in [0, 0.05) is 12.6 Å². The minimum Gasteiger partial charge on any atom is -0.490 e. The molecule has 0 radical (unpaired) electrons. The molecule has 1 aromatic rings. The molecule has 0 aromatic heterocycles. The second-order valence-electron chi connectivity index (χ2n) is 5.22. The fourth-order valence-electron chi connectivity index (χ4n) is 2.64. The first-order valence-electron chi connectivity index (χ1n) is 6.98. The van der Waals surface area contributed by atoms with E-state index in [1.165, 1.54) is 25.7 Å². The molecule has 1 aromatic carbocycles. The number of hydrogen-bond donors (Lipinski definition) is 1. The van der Waals surface area contributed by atoms with Crippen molar-refractivity contribution in [1.82, 2.24) is 5.32 Å². The van der Waals surface area contributed by atoms with E-state index in [-0.39, 0.29) is 0 Å². The lowest BCUT2D eigenvalue weighted by Crippen LogP contribution is -2.39. The van der Waals surface area contributed by atoms with Gasteiger partial charge in [-0.2, -0.15) is 0 Å². The Labute approximate surface area is 132 Å². The molecule has 2 atom stereocenters. The number of para-hydroxylation sites is 1. The number of halogens is 2. The number of hydrogen-bond acceptors (Lipinski definition) is 2. The molecule has 0 aliphatic heterocycles. The molecule has 1 N–H and O–H groups in total. The second-order valence-corrected chi connectivity index (χ2v) is 6.93. The highest BCUT2D eigenvalue weighted by atomic mass is 79.9. The maximum atomic E-state index is 5.84. The van der Waals surface area contributed by atoms with Gasteiger partial charge in [0.1, 0.15) is 12.4 Å². The average molecular weight is 391 g/mol. The molecule has 2 nitrogen and oxygen atoms in total. The van der Waals surface area contributed by atoms with Gasteiger partial charge in [0.2, 0.25) is 0 Å². The lowest BCUT2D eigenvalue weighted by atomic mass is 9.86. The molecule has 1 aliphatic rings. The standard InChI is InChI=1S/C15H21Br2NO/c1-11-5-2-3-8-14(11)18-9-10-19-15-12(16)6-4-7-13(15)17/h4,6-7,11,14,18H,2-3,5,8-10H2,1H3. The SMILES string of the molecule is CC1CCCCC1NCCOc1c(Br)cccc1Br. The Balaban J connectivity index is 1.74. The van der Waals surface area contributed by atoms with Gasteiger partial charge in [-0.1, -0.05) is 25.8 Å². The van der Waals surface area contributed by atoms with Crippen molar-refractivity contribution in [2.75, 3.05) is 13.2 Å². The van der Waals surface area contributed by atoms with Crippen LogP contribution in [0.15, 0.2) is 27.1 Å². The summed E-state index contributed by atoms with van der Waals surface area (Å²) in [5.74, 6) is 1.69. The Hall–Kier alpha value is -0.0600. The van der Waals surface area contributed by atoms with Crippen molar-refractivity contribution in [3.63, 3.8) is 0 Å². The molecule has 0 saturated heterocycles. The quantitative estimate of drug-likeness (QED) is 0.731. The van der Waals surface area contributed by atoms with Crippen molar-refractivity contribution >= 4 is 31.9 Å². The van der Waals surface area contributed by atoms with Crippen LogP contribution in [0, 0.1) is 5.92 Å². The van der Waals surface area contributed by atoms with Crippen LogP contribution < -0.4 is 10.1 Å². The van der Waals surface area contributed by atoms with Gasteiger partial charge in [0.15, 0.2) is 0 Å². The van der Waals surface area contributed by atoms with Gasteiger partial charge in [0.25, 0.3) is 0 Å². The van der Waals surface area contributed by atoms with Crippen LogP contribution in [-0.2, 0) is 0 Å². The van der Waals surface area contributed by atoms with E-state index in [4.69, 9.17) is 4.74 Å². The molecule has 1 aliphatic carbocycles. The van der Waals surface area contributed by atoms with Crippen LogP contribution in [0.5, 0.6) is 5.75 Å². The molecule has 4 heteroatoms. The molecule has 0 amide bonds. The zero-order chi connectivity index (χ0) is 13.7. The third-order valence-electron chi connectivity index (χ3n) is 3.79. The number of ether oxygens (including phenoxy) is 1. The molecule has 1 saturated carbocycles. The summed E-state index contributed by atoms with van der Waals surface area (Å²) >= 11 is 7.02. The zero-order valence-corrected chi connectivity index (χ0v) is 14.5. The summed E-state index contributed by atoms with van der Waals surface area (Å²) in [7, 11) is 0. The van der Waals surface area contributed by atoms with Gasteiger partial charge in [-0.25, -0.2) is 0 Å². The maximum Gasteiger partial charge on any atom is 0.147 e. The van der Waals surface area contributed by atoms with Crippen LogP contribution in [-0.4, -0.2) is 19.2 Å². The van der Waals surface area contributed by atoms with Crippen LogP contribution in [0.2, 0.25) is 0 Å². The maximum absolute atomic E-state index is 5.84. The van der Waals surface area contributed by atoms with Gasteiger partial charge < -0.3 is 10.1 Å². The smallest absolute Gasteiger partial charge is 0.147 e. The molecular weight excluding hydrogens is 370 g/mol. The highest BCUT2D eigenvalue weighted by Crippen LogP contribution is 2.32. The minimum atomic E-state index is 0.667. The van der Waals surface area contributed by atoms with Gasteiger partial charge in [0.05, 0.1) is 8.95 Å². The number of nitrogens with one attached hydrogen (secondary N) is 1. The summed E-state index contributed by atoms with van der Waals surface area (Å²) in [5, 5.41) is 3.62. The summed E-state index contributed by atoms with van der Waals surface area (Å²) in [6.07, 6.45) is 5.41. The number of benzene rings is 1. The van der Waals surface area contributed by atoms with Crippen molar-refractivity contribution in [3.8, 4) is 5.75 Å². The number of rotatable bonds is 5. The first kappa shape index (κ1) is 15.3. The van der Waals surface area contributed by atoms with Crippen molar-refractivity contribution in [1.29, 1.82) is 0 Å². The minimum absolute atomic E-state index is 0.667. The average Bonchev–Trinajstić information content (AvgIpc) is 2.39. The molecule has 2 rings (SSSR count). The highest BCUT2D eigenvalue weighted by Gasteiger charge is 2.20. The topological polar surface area (TPSA) is 21.3 Å². The van der Waals surface area contributed by atoms with Crippen molar-refractivity contribution < 1.29 is 4.74 Å². The van der Waals surface area contributed by atoms with E-state index in [9.17, 15) is 0 Å². The first-order chi connectivity index (χ1) is 9.18. The molecule has 0 heterocycles. The zero-order valence-electron chi connectivity index (χ0n) is 11.3. The van der Waals surface area contributed by atoms with Gasteiger partial charge in [-0.3, -0.25) is 0 Å². The molecule has 1 fully saturated rings. The third-order valence-corrected chi connectivity index (χ3v) is 5.03. The van der Waals surface area contributed by atoms with Gasteiger partial charge in [-0.15, -0.1) is 0 Å². The Kier molecular flexibility index (Phi) is 6.17. The summed E-state index contributed by atoms with van der Waals surface area (Å²) in [4.78, 5) is 0. The van der Waals surface area contributed by atoms with Crippen LogP contribution in [0.1, 0.15) is 32.6 Å². The molecule has 2 unspecified atom stereocenters. The third kappa shape index (κ3) is 4.47. The van der Waals surface area contributed by atoms with E-state index < -0.39 is 0 Å². The van der Waals surface area contributed by atoms with Gasteiger partial charge >= 0.3 is 0 Å². The van der Waals surface area contributed by atoms with Crippen LogP contribution in [0.4, 0.5) is 0 Å². The summed E-state index contributed by atoms with van der Waals surface area (Å²) in [5.41, 5.74) is 0. The molecule has 106 valence electrons. The largest absolute Gasteiger partial charge is 0.490 e. The summed E-state index contributed by atoms with van der Waals surface area (Å²) < 4.78 is 7.82. The van der Waals surface area contributed by atoms with Crippen LogP contribution >= 0.6 is 31.9 Å². The predicted molar refractivity (Wildman–Crippen MR) is 86.8 cm³/mol. The summed E-state index contributed by atoms with van der Waals surface area (Å²) in [6, 6.07) is 6.65. The van der Waals surface area contributed by atoms with E-state index in [0.29, 0.717) is 12.6 Å². The fourth-order valence-corrected chi connectivity index (χ4v) is 3.86.